The largest absolute Gasteiger partial charge is 0.491 e. The maximum absolute atomic E-state index is 13.5. The third-order valence-electron chi connectivity index (χ3n) is 4.41. The lowest BCUT2D eigenvalue weighted by Gasteiger charge is -2.38. The van der Waals surface area contributed by atoms with Crippen LogP contribution in [0.5, 0.6) is 0 Å². The van der Waals surface area contributed by atoms with Gasteiger partial charge in [0.1, 0.15) is 5.82 Å². The smallest absolute Gasteiger partial charge is 0.423 e. The van der Waals surface area contributed by atoms with E-state index in [0.29, 0.717) is 23.6 Å². The summed E-state index contributed by atoms with van der Waals surface area (Å²) in [6, 6.07) is 4.74. The van der Waals surface area contributed by atoms with E-state index in [2.05, 4.69) is 5.32 Å². The normalized spacial score (nSPS) is 16.0. The molecule has 1 aromatic rings. The molecule has 4 nitrogen and oxygen atoms in total. The van der Waals surface area contributed by atoms with Gasteiger partial charge in [0, 0.05) is 12.6 Å². The highest BCUT2D eigenvalue weighted by molar-refractivity contribution is 6.60. The zero-order valence-electron chi connectivity index (χ0n) is 13.7. The van der Waals surface area contributed by atoms with Gasteiger partial charge >= 0.3 is 7.12 Å². The Bertz CT molecular complexity index is 527. The van der Waals surface area contributed by atoms with Crippen LogP contribution in [0.25, 0.3) is 0 Å². The average molecular weight is 309 g/mol. The van der Waals surface area contributed by atoms with Gasteiger partial charge in [-0.1, -0.05) is 6.07 Å². The second-order valence-corrected chi connectivity index (χ2v) is 7.04. The molecule has 122 valence electrons. The molecule has 0 aliphatic heterocycles. The van der Waals surface area contributed by atoms with Crippen LogP contribution in [0.2, 0.25) is 0 Å². The number of rotatable bonds is 7. The summed E-state index contributed by atoms with van der Waals surface area (Å²) in [5.41, 5.74) is -0.888. The van der Waals surface area contributed by atoms with Crippen LogP contribution >= 0.6 is 0 Å². The monoisotopic (exact) mass is 309 g/mol. The predicted octanol–water partition coefficient (Wildman–Crippen LogP) is 1.33. The molecule has 0 heterocycles. The number of aliphatic hydroxyl groups is 1. The summed E-state index contributed by atoms with van der Waals surface area (Å²) in [6.07, 6.45) is 2.27. The first kappa shape index (κ1) is 17.4. The van der Waals surface area contributed by atoms with E-state index in [9.17, 15) is 14.5 Å². The van der Waals surface area contributed by atoms with Gasteiger partial charge in [-0.3, -0.25) is 0 Å². The summed E-state index contributed by atoms with van der Waals surface area (Å²) in [5, 5.41) is 23.8. The van der Waals surface area contributed by atoms with Gasteiger partial charge in [-0.05, 0) is 63.7 Å². The highest BCUT2D eigenvalue weighted by Crippen LogP contribution is 2.25. The van der Waals surface area contributed by atoms with Gasteiger partial charge in [-0.25, -0.2) is 4.39 Å². The molecule has 3 N–H and O–H groups in total. The Morgan fingerprint density at radius 2 is 1.95 bits per heavy atom. The predicted molar refractivity (Wildman–Crippen MR) is 85.3 cm³/mol. The van der Waals surface area contributed by atoms with E-state index in [0.717, 1.165) is 12.8 Å². The minimum atomic E-state index is -1.22. The van der Waals surface area contributed by atoms with E-state index in [-0.39, 0.29) is 5.82 Å². The number of nitrogens with one attached hydrogen (secondary N) is 1. The molecule has 1 aliphatic carbocycles. The van der Waals surface area contributed by atoms with E-state index in [1.54, 1.807) is 27.7 Å². The van der Waals surface area contributed by atoms with Crippen molar-refractivity contribution < 1.29 is 19.2 Å². The second-order valence-electron chi connectivity index (χ2n) is 7.04. The standard InChI is InChI=1S/C16H25BFNO3/c1-15(2,20)16(3,4)22-17(21)14-8-5-12(18)9-11(14)10-19-13-6-7-13/h5,8-9,13,19-21H,6-7,10H2,1-4H3. The lowest BCUT2D eigenvalue weighted by Crippen LogP contribution is -2.53. The van der Waals surface area contributed by atoms with Gasteiger partial charge < -0.3 is 20.1 Å². The maximum atomic E-state index is 13.5. The Morgan fingerprint density at radius 3 is 2.50 bits per heavy atom. The molecule has 0 unspecified atom stereocenters. The Morgan fingerprint density at radius 1 is 1.32 bits per heavy atom. The van der Waals surface area contributed by atoms with E-state index in [1.165, 1.54) is 18.2 Å². The molecule has 1 aromatic carbocycles. The fourth-order valence-electron chi connectivity index (χ4n) is 2.00. The molecule has 6 heteroatoms. The van der Waals surface area contributed by atoms with Gasteiger partial charge in [-0.15, -0.1) is 0 Å². The average Bonchev–Trinajstić information content (AvgIpc) is 3.18. The molecule has 1 aliphatic rings. The number of hydrogen-bond donors (Lipinski definition) is 3. The fraction of sp³-hybridized carbons (Fsp3) is 0.625. The molecule has 1 saturated carbocycles. The van der Waals surface area contributed by atoms with E-state index >= 15 is 0 Å². The summed E-state index contributed by atoms with van der Waals surface area (Å²) in [6.45, 7) is 7.16. The highest BCUT2D eigenvalue weighted by atomic mass is 19.1. The lowest BCUT2D eigenvalue weighted by molar-refractivity contribution is -0.0982. The van der Waals surface area contributed by atoms with Gasteiger partial charge in [-0.2, -0.15) is 0 Å². The number of hydrogen-bond acceptors (Lipinski definition) is 4. The van der Waals surface area contributed by atoms with Crippen molar-refractivity contribution >= 4 is 12.6 Å². The van der Waals surface area contributed by atoms with Crippen molar-refractivity contribution in [3.8, 4) is 0 Å². The van der Waals surface area contributed by atoms with Crippen molar-refractivity contribution in [2.45, 2.75) is 64.3 Å². The van der Waals surface area contributed by atoms with Gasteiger partial charge in [0.2, 0.25) is 0 Å². The molecule has 0 aromatic heterocycles. The van der Waals surface area contributed by atoms with Gasteiger partial charge in [0.05, 0.1) is 11.2 Å². The van der Waals surface area contributed by atoms with E-state index in [1.807, 2.05) is 0 Å². The van der Waals surface area contributed by atoms with E-state index in [4.69, 9.17) is 4.65 Å². The molecule has 0 saturated heterocycles. The quantitative estimate of drug-likeness (QED) is 0.665. The Kier molecular flexibility index (Phi) is 4.97. The first-order valence-electron chi connectivity index (χ1n) is 7.70. The first-order valence-corrected chi connectivity index (χ1v) is 7.70. The summed E-state index contributed by atoms with van der Waals surface area (Å²) < 4.78 is 19.1. The molecule has 1 fully saturated rings. The first-order chi connectivity index (χ1) is 10.1. The minimum absolute atomic E-state index is 0.342. The van der Waals surface area contributed by atoms with Crippen LogP contribution in [-0.4, -0.2) is 34.5 Å². The van der Waals surface area contributed by atoms with Crippen molar-refractivity contribution in [2.75, 3.05) is 0 Å². The summed E-state index contributed by atoms with van der Waals surface area (Å²) in [7, 11) is -1.22. The third kappa shape index (κ3) is 4.29. The molecule has 0 bridgehead atoms. The molecule has 22 heavy (non-hydrogen) atoms. The van der Waals surface area contributed by atoms with Crippen molar-refractivity contribution in [3.05, 3.63) is 29.6 Å². The van der Waals surface area contributed by atoms with Crippen LogP contribution < -0.4 is 10.8 Å². The molecule has 2 rings (SSSR count). The van der Waals surface area contributed by atoms with Gasteiger partial charge in [0.15, 0.2) is 0 Å². The van der Waals surface area contributed by atoms with Crippen LogP contribution in [0, 0.1) is 5.82 Å². The zero-order chi connectivity index (χ0) is 16.5. The Balaban J connectivity index is 2.15. The van der Waals surface area contributed by atoms with Crippen LogP contribution in [-0.2, 0) is 11.2 Å². The van der Waals surface area contributed by atoms with E-state index < -0.39 is 18.3 Å². The molecular formula is C16H25BFNO3. The molecular weight excluding hydrogens is 284 g/mol. The van der Waals surface area contributed by atoms with Crippen LogP contribution in [0.1, 0.15) is 46.1 Å². The Hall–Kier alpha value is -0.945. The minimum Gasteiger partial charge on any atom is -0.423 e. The van der Waals surface area contributed by atoms with Crippen LogP contribution in [0.15, 0.2) is 18.2 Å². The SMILES string of the molecule is CC(C)(O)C(C)(C)OB(O)c1ccc(F)cc1CNC1CC1. The topological polar surface area (TPSA) is 61.7 Å². The number of halogens is 1. The van der Waals surface area contributed by atoms with Crippen LogP contribution in [0.3, 0.4) is 0 Å². The number of benzene rings is 1. The lowest BCUT2D eigenvalue weighted by atomic mass is 9.74. The molecule has 0 amide bonds. The summed E-state index contributed by atoms with van der Waals surface area (Å²) >= 11 is 0. The van der Waals surface area contributed by atoms with Crippen molar-refractivity contribution in [2.24, 2.45) is 0 Å². The van der Waals surface area contributed by atoms with Crippen molar-refractivity contribution in [1.29, 1.82) is 0 Å². The second kappa shape index (κ2) is 6.28. The fourth-order valence-corrected chi connectivity index (χ4v) is 2.00. The molecule has 0 radical (unpaired) electrons. The van der Waals surface area contributed by atoms with Crippen molar-refractivity contribution in [1.82, 2.24) is 5.32 Å². The maximum Gasteiger partial charge on any atom is 0.491 e. The molecule has 0 atom stereocenters. The highest BCUT2D eigenvalue weighted by Gasteiger charge is 2.40. The molecule has 0 spiro atoms. The van der Waals surface area contributed by atoms with Crippen LogP contribution in [0.4, 0.5) is 4.39 Å². The summed E-state index contributed by atoms with van der Waals surface area (Å²) in [4.78, 5) is 0. The zero-order valence-corrected chi connectivity index (χ0v) is 13.7. The third-order valence-corrected chi connectivity index (χ3v) is 4.41. The summed E-state index contributed by atoms with van der Waals surface area (Å²) in [5.74, 6) is -0.342. The van der Waals surface area contributed by atoms with Gasteiger partial charge in [0.25, 0.3) is 0 Å². The Labute approximate surface area is 131 Å². The van der Waals surface area contributed by atoms with Crippen molar-refractivity contribution in [3.63, 3.8) is 0 Å².